The van der Waals surface area contributed by atoms with E-state index < -0.39 is 21.5 Å². The second-order valence-corrected chi connectivity index (χ2v) is 10.4. The average molecular weight is 460 g/mol. The molecule has 0 saturated heterocycles. The lowest BCUT2D eigenvalue weighted by Gasteiger charge is -2.32. The number of rotatable bonds is 8. The van der Waals surface area contributed by atoms with Crippen molar-refractivity contribution in [2.24, 2.45) is 5.92 Å². The molecule has 31 heavy (non-hydrogen) atoms. The molecule has 0 saturated carbocycles. The average Bonchev–Trinajstić information content (AvgIpc) is 3.13. The standard InChI is InChI=1S/C22H25N3O4S2/c1-14(2)12-22(20(26)27,25-31(28,29)18-10-4-15(3)5-11-18)17-8-6-16(7-9-17)19-13-30-21(23)24-19/h4-11,13-14,25H,12H2,1-3H3,(H2,23,24)(H,26,27)/t22-/m0/s1. The van der Waals surface area contributed by atoms with Crippen LogP contribution >= 0.6 is 11.3 Å². The summed E-state index contributed by atoms with van der Waals surface area (Å²) in [5, 5.41) is 12.5. The van der Waals surface area contributed by atoms with Crippen LogP contribution in [0.15, 0.2) is 58.8 Å². The monoisotopic (exact) mass is 459 g/mol. The lowest BCUT2D eigenvalue weighted by atomic mass is 9.83. The summed E-state index contributed by atoms with van der Waals surface area (Å²) in [7, 11) is -4.09. The Kier molecular flexibility index (Phi) is 6.49. The van der Waals surface area contributed by atoms with E-state index >= 15 is 0 Å². The third-order valence-corrected chi connectivity index (χ3v) is 7.10. The maximum absolute atomic E-state index is 13.1. The normalized spacial score (nSPS) is 13.8. The highest BCUT2D eigenvalue weighted by molar-refractivity contribution is 7.89. The van der Waals surface area contributed by atoms with Crippen molar-refractivity contribution in [1.29, 1.82) is 0 Å². The summed E-state index contributed by atoms with van der Waals surface area (Å²) >= 11 is 1.31. The molecule has 0 aliphatic heterocycles. The third kappa shape index (κ3) is 4.95. The SMILES string of the molecule is Cc1ccc(S(=O)(=O)N[C@](CC(C)C)(C(=O)O)c2ccc(-c3csc(N)n3)cc2)cc1. The second kappa shape index (κ2) is 8.78. The predicted octanol–water partition coefficient (Wildman–Crippen LogP) is 4.01. The predicted molar refractivity (Wildman–Crippen MR) is 122 cm³/mol. The van der Waals surface area contributed by atoms with E-state index in [0.29, 0.717) is 16.4 Å². The van der Waals surface area contributed by atoms with Crippen LogP contribution in [0.4, 0.5) is 5.13 Å². The first-order chi connectivity index (χ1) is 14.5. The highest BCUT2D eigenvalue weighted by atomic mass is 32.2. The lowest BCUT2D eigenvalue weighted by molar-refractivity contribution is -0.145. The molecule has 0 bridgehead atoms. The fraction of sp³-hybridized carbons (Fsp3) is 0.273. The van der Waals surface area contributed by atoms with Crippen LogP contribution in [0.3, 0.4) is 0 Å². The molecule has 1 atom stereocenters. The number of nitrogens with two attached hydrogens (primary N) is 1. The van der Waals surface area contributed by atoms with E-state index in [0.717, 1.165) is 11.1 Å². The van der Waals surface area contributed by atoms with Crippen molar-refractivity contribution in [3.8, 4) is 11.3 Å². The molecule has 0 aliphatic carbocycles. The third-order valence-electron chi connectivity index (χ3n) is 4.91. The van der Waals surface area contributed by atoms with Crippen molar-refractivity contribution >= 4 is 32.5 Å². The van der Waals surface area contributed by atoms with Gasteiger partial charge in [-0.2, -0.15) is 4.72 Å². The summed E-state index contributed by atoms with van der Waals surface area (Å²) in [6.07, 6.45) is 0.0798. The van der Waals surface area contributed by atoms with Gasteiger partial charge in [-0.3, -0.25) is 0 Å². The minimum atomic E-state index is -4.09. The highest BCUT2D eigenvalue weighted by Gasteiger charge is 2.44. The molecule has 0 unspecified atom stereocenters. The quantitative estimate of drug-likeness (QED) is 0.468. The van der Waals surface area contributed by atoms with Crippen molar-refractivity contribution < 1.29 is 18.3 Å². The Hall–Kier alpha value is -2.75. The molecular weight excluding hydrogens is 434 g/mol. The number of hydrogen-bond donors (Lipinski definition) is 3. The molecule has 164 valence electrons. The minimum absolute atomic E-state index is 0.0158. The number of sulfonamides is 1. The number of carboxylic acids is 1. The van der Waals surface area contributed by atoms with Gasteiger partial charge in [-0.25, -0.2) is 18.2 Å². The van der Waals surface area contributed by atoms with Gasteiger partial charge in [0.2, 0.25) is 10.0 Å². The molecular formula is C22H25N3O4S2. The molecule has 9 heteroatoms. The Morgan fingerprint density at radius 2 is 1.77 bits per heavy atom. The van der Waals surface area contributed by atoms with E-state index in [2.05, 4.69) is 9.71 Å². The number of aromatic nitrogens is 1. The molecule has 0 aliphatic rings. The summed E-state index contributed by atoms with van der Waals surface area (Å²) in [5.74, 6) is -1.35. The molecule has 0 amide bonds. The topological polar surface area (TPSA) is 122 Å². The summed E-state index contributed by atoms with van der Waals surface area (Å²) in [6.45, 7) is 5.55. The Morgan fingerprint density at radius 3 is 2.26 bits per heavy atom. The first-order valence-electron chi connectivity index (χ1n) is 9.69. The van der Waals surface area contributed by atoms with Crippen molar-refractivity contribution in [3.05, 3.63) is 65.0 Å². The van der Waals surface area contributed by atoms with E-state index in [1.165, 1.54) is 23.5 Å². The van der Waals surface area contributed by atoms with Crippen molar-refractivity contribution in [3.63, 3.8) is 0 Å². The largest absolute Gasteiger partial charge is 0.480 e. The zero-order valence-corrected chi connectivity index (χ0v) is 19.1. The number of anilines is 1. The minimum Gasteiger partial charge on any atom is -0.480 e. The number of carbonyl (C=O) groups is 1. The number of aryl methyl sites for hydroxylation is 1. The first-order valence-corrected chi connectivity index (χ1v) is 12.1. The molecule has 1 heterocycles. The van der Waals surface area contributed by atoms with Crippen molar-refractivity contribution in [1.82, 2.24) is 9.71 Å². The van der Waals surface area contributed by atoms with Gasteiger partial charge >= 0.3 is 5.97 Å². The van der Waals surface area contributed by atoms with E-state index in [1.54, 1.807) is 36.4 Å². The number of hydrogen-bond acceptors (Lipinski definition) is 6. The molecule has 0 fully saturated rings. The van der Waals surface area contributed by atoms with Crippen LogP contribution in [0.5, 0.6) is 0 Å². The van der Waals surface area contributed by atoms with E-state index in [4.69, 9.17) is 5.73 Å². The molecule has 1 aromatic heterocycles. The van der Waals surface area contributed by atoms with Crippen LogP contribution in [-0.2, 0) is 20.4 Å². The lowest BCUT2D eigenvalue weighted by Crippen LogP contribution is -2.52. The van der Waals surface area contributed by atoms with Gasteiger partial charge in [0.25, 0.3) is 0 Å². The zero-order valence-electron chi connectivity index (χ0n) is 17.5. The number of carboxylic acid groups (broad SMARTS) is 1. The van der Waals surface area contributed by atoms with E-state index in [-0.39, 0.29) is 17.2 Å². The number of benzene rings is 2. The molecule has 3 rings (SSSR count). The van der Waals surface area contributed by atoms with Crippen LogP contribution in [-0.4, -0.2) is 24.5 Å². The zero-order chi connectivity index (χ0) is 22.8. The molecule has 0 radical (unpaired) electrons. The molecule has 3 aromatic rings. The van der Waals surface area contributed by atoms with E-state index in [9.17, 15) is 18.3 Å². The first kappa shape index (κ1) is 22.9. The Labute approximate surface area is 186 Å². The number of nitrogen functional groups attached to an aromatic ring is 1. The smallest absolute Gasteiger partial charge is 0.329 e. The maximum Gasteiger partial charge on any atom is 0.329 e. The van der Waals surface area contributed by atoms with Gasteiger partial charge in [-0.05, 0) is 37.0 Å². The summed E-state index contributed by atoms with van der Waals surface area (Å²) in [4.78, 5) is 16.8. The fourth-order valence-corrected chi connectivity index (χ4v) is 5.37. The van der Waals surface area contributed by atoms with Crippen LogP contribution in [0.25, 0.3) is 11.3 Å². The van der Waals surface area contributed by atoms with Gasteiger partial charge in [0.1, 0.15) is 0 Å². The number of nitrogens with one attached hydrogen (secondary N) is 1. The van der Waals surface area contributed by atoms with Crippen molar-refractivity contribution in [2.75, 3.05) is 5.73 Å². The van der Waals surface area contributed by atoms with Crippen LogP contribution in [0.2, 0.25) is 0 Å². The van der Waals surface area contributed by atoms with Gasteiger partial charge in [0.15, 0.2) is 10.7 Å². The van der Waals surface area contributed by atoms with Gasteiger partial charge < -0.3 is 10.8 Å². The Morgan fingerprint density at radius 1 is 1.16 bits per heavy atom. The van der Waals surface area contributed by atoms with E-state index in [1.807, 2.05) is 26.2 Å². The van der Waals surface area contributed by atoms with Gasteiger partial charge in [0, 0.05) is 10.9 Å². The van der Waals surface area contributed by atoms with Gasteiger partial charge in [-0.15, -0.1) is 11.3 Å². The van der Waals surface area contributed by atoms with Crippen LogP contribution in [0, 0.1) is 12.8 Å². The number of nitrogens with zero attached hydrogens (tertiary/aromatic N) is 1. The number of aliphatic carboxylic acids is 1. The molecule has 2 aromatic carbocycles. The highest BCUT2D eigenvalue weighted by Crippen LogP contribution is 2.33. The van der Waals surface area contributed by atoms with Crippen LogP contribution < -0.4 is 10.5 Å². The molecule has 0 spiro atoms. The summed E-state index contributed by atoms with van der Waals surface area (Å²) < 4.78 is 28.7. The van der Waals surface area contributed by atoms with Crippen LogP contribution in [0.1, 0.15) is 31.4 Å². The maximum atomic E-state index is 13.1. The Bertz CT molecular complexity index is 1170. The fourth-order valence-electron chi connectivity index (χ4n) is 3.44. The van der Waals surface area contributed by atoms with Crippen molar-refractivity contribution in [2.45, 2.75) is 37.6 Å². The van der Waals surface area contributed by atoms with Gasteiger partial charge in [0.05, 0.1) is 10.6 Å². The second-order valence-electron chi connectivity index (χ2n) is 7.88. The summed E-state index contributed by atoms with van der Waals surface area (Å²) in [5.41, 5.74) is 6.57. The molecule has 7 nitrogen and oxygen atoms in total. The molecule has 4 N–H and O–H groups in total. The summed E-state index contributed by atoms with van der Waals surface area (Å²) in [6, 6.07) is 13.0. The van der Waals surface area contributed by atoms with Gasteiger partial charge in [-0.1, -0.05) is 55.8 Å². The Balaban J connectivity index is 2.06. The number of thiazole rings is 1.